The van der Waals surface area contributed by atoms with Crippen molar-refractivity contribution < 1.29 is 32.6 Å². The minimum absolute atomic E-state index is 0.00343. The summed E-state index contributed by atoms with van der Waals surface area (Å²) in [6.07, 6.45) is -0.339. The number of nitrogens with zero attached hydrogens (tertiary/aromatic N) is 2. The highest BCUT2D eigenvalue weighted by atomic mass is 19.4. The summed E-state index contributed by atoms with van der Waals surface area (Å²) in [5.41, 5.74) is 1.21. The average Bonchev–Trinajstić information content (AvgIpc) is 2.89. The van der Waals surface area contributed by atoms with Crippen LogP contribution < -0.4 is 5.32 Å². The lowest BCUT2D eigenvalue weighted by molar-refractivity contribution is -0.192. The van der Waals surface area contributed by atoms with Crippen LogP contribution in [0.2, 0.25) is 0 Å². The molecule has 3 heterocycles. The molecule has 2 aliphatic heterocycles. The second-order valence-electron chi connectivity index (χ2n) is 7.16. The number of carboxylic acid groups (broad SMARTS) is 1. The Labute approximate surface area is 160 Å². The first-order valence-corrected chi connectivity index (χ1v) is 8.93. The number of carbonyl (C=O) groups excluding carboxylic acids is 1. The lowest BCUT2D eigenvalue weighted by Crippen LogP contribution is -2.45. The highest BCUT2D eigenvalue weighted by Crippen LogP contribution is 2.32. The van der Waals surface area contributed by atoms with Gasteiger partial charge in [-0.05, 0) is 31.9 Å². The molecule has 0 radical (unpaired) electrons. The van der Waals surface area contributed by atoms with E-state index in [0.29, 0.717) is 0 Å². The third kappa shape index (κ3) is 6.45. The van der Waals surface area contributed by atoms with Crippen LogP contribution >= 0.6 is 0 Å². The summed E-state index contributed by atoms with van der Waals surface area (Å²) in [4.78, 5) is 27.7. The molecule has 3 atom stereocenters. The van der Waals surface area contributed by atoms with Crippen LogP contribution in [0.25, 0.3) is 0 Å². The zero-order valence-corrected chi connectivity index (χ0v) is 15.6. The molecule has 2 saturated heterocycles. The quantitative estimate of drug-likeness (QED) is 0.797. The number of likely N-dealkylation sites (tertiary alicyclic amines) is 1. The average molecular weight is 403 g/mol. The number of aliphatic carboxylic acids is 1. The Bertz CT molecular complexity index is 670. The smallest absolute Gasteiger partial charge is 0.475 e. The van der Waals surface area contributed by atoms with Gasteiger partial charge in [0.25, 0.3) is 0 Å². The Morgan fingerprint density at radius 1 is 1.39 bits per heavy atom. The van der Waals surface area contributed by atoms with Crippen LogP contribution in [0.15, 0.2) is 24.5 Å². The standard InChI is InChI=1S/C16H23N3O2.C2HF3O2/c1-11(2)18-16(20)14-6-13-9-19(10-15(14)21-13)8-12-4-3-5-17-7-12;3-2(4,5)1(6)7/h3-5,7,11,13-15H,6,8-10H2,1-2H3,(H,18,20);(H,6,7). The van der Waals surface area contributed by atoms with Crippen LogP contribution in [0.3, 0.4) is 0 Å². The van der Waals surface area contributed by atoms with Crippen LogP contribution in [-0.2, 0) is 20.9 Å². The lowest BCUT2D eigenvalue weighted by Gasteiger charge is -2.32. The molecule has 0 aromatic carbocycles. The number of fused-ring (bicyclic) bond motifs is 2. The van der Waals surface area contributed by atoms with Gasteiger partial charge in [-0.2, -0.15) is 13.2 Å². The summed E-state index contributed by atoms with van der Waals surface area (Å²) in [6, 6.07) is 4.24. The third-order valence-electron chi connectivity index (χ3n) is 4.37. The summed E-state index contributed by atoms with van der Waals surface area (Å²) >= 11 is 0. The van der Waals surface area contributed by atoms with E-state index in [0.717, 1.165) is 26.1 Å². The second kappa shape index (κ2) is 9.33. The Balaban J connectivity index is 0.000000345. The van der Waals surface area contributed by atoms with Gasteiger partial charge in [-0.15, -0.1) is 0 Å². The van der Waals surface area contributed by atoms with E-state index < -0.39 is 12.1 Å². The summed E-state index contributed by atoms with van der Waals surface area (Å²) < 4.78 is 37.7. The van der Waals surface area contributed by atoms with Crippen LogP contribution in [0.1, 0.15) is 25.8 Å². The van der Waals surface area contributed by atoms with Crippen LogP contribution in [0, 0.1) is 5.92 Å². The zero-order valence-electron chi connectivity index (χ0n) is 15.6. The van der Waals surface area contributed by atoms with Crippen molar-refractivity contribution in [2.75, 3.05) is 13.1 Å². The molecule has 156 valence electrons. The largest absolute Gasteiger partial charge is 0.490 e. The van der Waals surface area contributed by atoms with Crippen molar-refractivity contribution in [2.45, 2.75) is 51.2 Å². The van der Waals surface area contributed by atoms with Crippen molar-refractivity contribution in [3.05, 3.63) is 30.1 Å². The van der Waals surface area contributed by atoms with Gasteiger partial charge >= 0.3 is 12.1 Å². The lowest BCUT2D eigenvalue weighted by atomic mass is 9.99. The Morgan fingerprint density at radius 2 is 2.07 bits per heavy atom. The van der Waals surface area contributed by atoms with Crippen molar-refractivity contribution in [3.63, 3.8) is 0 Å². The van der Waals surface area contributed by atoms with Gasteiger partial charge in [0.2, 0.25) is 5.91 Å². The number of alkyl halides is 3. The number of pyridine rings is 1. The van der Waals surface area contributed by atoms with Gasteiger partial charge in [-0.25, -0.2) is 4.79 Å². The van der Waals surface area contributed by atoms with E-state index in [1.807, 2.05) is 26.1 Å². The molecule has 2 aliphatic rings. The molecule has 3 unspecified atom stereocenters. The maximum Gasteiger partial charge on any atom is 0.490 e. The maximum absolute atomic E-state index is 12.2. The fourth-order valence-corrected chi connectivity index (χ4v) is 3.28. The first kappa shape index (κ1) is 22.1. The van der Waals surface area contributed by atoms with Gasteiger partial charge in [0.05, 0.1) is 18.1 Å². The number of halogens is 3. The van der Waals surface area contributed by atoms with Crippen molar-refractivity contribution in [2.24, 2.45) is 5.92 Å². The number of nitrogens with one attached hydrogen (secondary N) is 1. The second-order valence-corrected chi connectivity index (χ2v) is 7.16. The van der Waals surface area contributed by atoms with Gasteiger partial charge in [-0.1, -0.05) is 6.07 Å². The molecule has 0 saturated carbocycles. The molecule has 3 rings (SSSR count). The molecule has 2 N–H and O–H groups in total. The molecule has 1 amide bonds. The summed E-state index contributed by atoms with van der Waals surface area (Å²) in [5.74, 6) is -2.62. The molecule has 7 nitrogen and oxygen atoms in total. The maximum atomic E-state index is 12.2. The molecule has 0 aliphatic carbocycles. The van der Waals surface area contributed by atoms with Gasteiger partial charge in [0.15, 0.2) is 0 Å². The Kier molecular flexibility index (Phi) is 7.36. The van der Waals surface area contributed by atoms with Gasteiger partial charge in [0, 0.05) is 38.1 Å². The number of rotatable bonds is 4. The highest BCUT2D eigenvalue weighted by molar-refractivity contribution is 5.80. The van der Waals surface area contributed by atoms with Crippen molar-refractivity contribution in [3.8, 4) is 0 Å². The number of amides is 1. The first-order chi connectivity index (χ1) is 13.1. The minimum atomic E-state index is -5.08. The van der Waals surface area contributed by atoms with E-state index >= 15 is 0 Å². The number of ether oxygens (including phenoxy) is 1. The number of hydrogen-bond donors (Lipinski definition) is 2. The molecule has 0 spiro atoms. The molecule has 1 aromatic rings. The van der Waals surface area contributed by atoms with Crippen molar-refractivity contribution >= 4 is 11.9 Å². The van der Waals surface area contributed by atoms with Crippen LogP contribution in [0.4, 0.5) is 13.2 Å². The predicted molar refractivity (Wildman–Crippen MR) is 93.3 cm³/mol. The fourth-order valence-electron chi connectivity index (χ4n) is 3.28. The third-order valence-corrected chi connectivity index (χ3v) is 4.37. The zero-order chi connectivity index (χ0) is 20.9. The van der Waals surface area contributed by atoms with E-state index in [-0.39, 0.29) is 30.1 Å². The summed E-state index contributed by atoms with van der Waals surface area (Å²) in [7, 11) is 0. The topological polar surface area (TPSA) is 91.8 Å². The molecule has 1 aromatic heterocycles. The molecule has 28 heavy (non-hydrogen) atoms. The molecular formula is C18H24F3N3O4. The van der Waals surface area contributed by atoms with Gasteiger partial charge in [0.1, 0.15) is 0 Å². The first-order valence-electron chi connectivity index (χ1n) is 8.93. The summed E-state index contributed by atoms with van der Waals surface area (Å²) in [6.45, 7) is 6.59. The van der Waals surface area contributed by atoms with Crippen molar-refractivity contribution in [1.82, 2.24) is 15.2 Å². The van der Waals surface area contributed by atoms with E-state index in [1.165, 1.54) is 5.56 Å². The molecule has 2 fully saturated rings. The van der Waals surface area contributed by atoms with E-state index in [2.05, 4.69) is 21.3 Å². The van der Waals surface area contributed by atoms with E-state index in [9.17, 15) is 18.0 Å². The van der Waals surface area contributed by atoms with Gasteiger partial charge in [-0.3, -0.25) is 14.7 Å². The Morgan fingerprint density at radius 3 is 2.61 bits per heavy atom. The predicted octanol–water partition coefficient (Wildman–Crippen LogP) is 1.83. The summed E-state index contributed by atoms with van der Waals surface area (Å²) in [5, 5.41) is 10.1. The van der Waals surface area contributed by atoms with Crippen LogP contribution in [-0.4, -0.2) is 64.4 Å². The molecular weight excluding hydrogens is 379 g/mol. The fraction of sp³-hybridized carbons (Fsp3) is 0.611. The highest BCUT2D eigenvalue weighted by Gasteiger charge is 2.44. The molecule has 2 bridgehead atoms. The van der Waals surface area contributed by atoms with Crippen LogP contribution in [0.5, 0.6) is 0 Å². The number of carboxylic acids is 1. The van der Waals surface area contributed by atoms with E-state index in [4.69, 9.17) is 14.6 Å². The van der Waals surface area contributed by atoms with Gasteiger partial charge < -0.3 is 15.2 Å². The molecule has 10 heteroatoms. The number of aromatic nitrogens is 1. The monoisotopic (exact) mass is 403 g/mol. The SMILES string of the molecule is CC(C)NC(=O)C1CC2CN(Cc3cccnc3)CC1O2.O=C(O)C(F)(F)F. The minimum Gasteiger partial charge on any atom is -0.475 e. The van der Waals surface area contributed by atoms with Crippen molar-refractivity contribution in [1.29, 1.82) is 0 Å². The normalized spacial score (nSPS) is 24.4. The number of carbonyl (C=O) groups is 2. The number of hydrogen-bond acceptors (Lipinski definition) is 5. The van der Waals surface area contributed by atoms with E-state index in [1.54, 1.807) is 6.20 Å². The number of morpholine rings is 1. The Hall–Kier alpha value is -2.20.